The fourth-order valence-electron chi connectivity index (χ4n) is 4.57. The van der Waals surface area contributed by atoms with Crippen LogP contribution >= 0.6 is 0 Å². The van der Waals surface area contributed by atoms with Gasteiger partial charge in [-0.1, -0.05) is 29.8 Å². The third-order valence-electron chi connectivity index (χ3n) is 5.95. The minimum atomic E-state index is -3.83. The molecule has 0 N–H and O–H groups in total. The number of hydrogen-bond acceptors (Lipinski definition) is 3. The molecule has 0 radical (unpaired) electrons. The Bertz CT molecular complexity index is 1270. The van der Waals surface area contributed by atoms with Crippen LogP contribution in [0.4, 0.5) is 10.1 Å². The number of ketones is 1. The van der Waals surface area contributed by atoms with E-state index < -0.39 is 15.8 Å². The zero-order valence-electron chi connectivity index (χ0n) is 18.5. The van der Waals surface area contributed by atoms with Gasteiger partial charge in [-0.05, 0) is 86.2 Å². The van der Waals surface area contributed by atoms with E-state index in [4.69, 9.17) is 0 Å². The highest BCUT2D eigenvalue weighted by Crippen LogP contribution is 2.33. The standard InChI is InChI=1S/C26H26FNO3S/c1-17-13-18(2)26(19(3)14-17)25(29)16-20-6-7-21-5-4-12-28(24(21)15-20)32(30,31)23-10-8-22(27)9-11-23/h6-11,13-15H,4-5,12,16H2,1-3H3. The van der Waals surface area contributed by atoms with E-state index in [0.29, 0.717) is 18.7 Å². The Morgan fingerprint density at radius 2 is 1.62 bits per heavy atom. The van der Waals surface area contributed by atoms with Gasteiger partial charge in [0.25, 0.3) is 10.0 Å². The second-order valence-electron chi connectivity index (χ2n) is 8.47. The predicted molar refractivity (Wildman–Crippen MR) is 124 cm³/mol. The second-order valence-corrected chi connectivity index (χ2v) is 10.3. The number of carbonyl (C=O) groups excluding carboxylic acids is 1. The number of aryl methyl sites for hydroxylation is 4. The molecular formula is C26H26FNO3S. The Labute approximate surface area is 188 Å². The van der Waals surface area contributed by atoms with Crippen molar-refractivity contribution in [1.29, 1.82) is 0 Å². The molecule has 0 fully saturated rings. The van der Waals surface area contributed by atoms with Crippen LogP contribution in [-0.4, -0.2) is 20.7 Å². The van der Waals surface area contributed by atoms with Gasteiger partial charge in [-0.2, -0.15) is 0 Å². The molecule has 6 heteroatoms. The summed E-state index contributed by atoms with van der Waals surface area (Å²) >= 11 is 0. The molecule has 0 saturated heterocycles. The van der Waals surface area contributed by atoms with Crippen molar-refractivity contribution in [1.82, 2.24) is 0 Å². The van der Waals surface area contributed by atoms with Crippen LogP contribution in [0.25, 0.3) is 0 Å². The number of rotatable bonds is 5. The number of carbonyl (C=O) groups is 1. The summed E-state index contributed by atoms with van der Waals surface area (Å²) in [6.45, 7) is 6.24. The maximum atomic E-state index is 13.3. The third-order valence-corrected chi connectivity index (χ3v) is 7.78. The minimum absolute atomic E-state index is 0.0173. The number of fused-ring (bicyclic) bond motifs is 1. The lowest BCUT2D eigenvalue weighted by Gasteiger charge is -2.31. The van der Waals surface area contributed by atoms with E-state index >= 15 is 0 Å². The van der Waals surface area contributed by atoms with Gasteiger partial charge in [-0.25, -0.2) is 12.8 Å². The molecule has 3 aromatic rings. The molecule has 4 nitrogen and oxygen atoms in total. The predicted octanol–water partition coefficient (Wildman–Crippen LogP) is 5.32. The molecule has 1 aliphatic heterocycles. The van der Waals surface area contributed by atoms with Crippen LogP contribution in [0.5, 0.6) is 0 Å². The van der Waals surface area contributed by atoms with Crippen LogP contribution in [0.2, 0.25) is 0 Å². The number of sulfonamides is 1. The van der Waals surface area contributed by atoms with Gasteiger partial charge in [0.2, 0.25) is 0 Å². The van der Waals surface area contributed by atoms with Crippen molar-refractivity contribution in [3.63, 3.8) is 0 Å². The molecular weight excluding hydrogens is 425 g/mol. The van der Waals surface area contributed by atoms with Crippen molar-refractivity contribution in [2.75, 3.05) is 10.8 Å². The molecule has 4 rings (SSSR count). The summed E-state index contributed by atoms with van der Waals surface area (Å²) in [7, 11) is -3.83. The Morgan fingerprint density at radius 3 is 2.28 bits per heavy atom. The first-order valence-electron chi connectivity index (χ1n) is 10.7. The normalized spacial score (nSPS) is 13.7. The lowest BCUT2D eigenvalue weighted by Crippen LogP contribution is -2.35. The first-order valence-corrected chi connectivity index (χ1v) is 12.1. The molecule has 0 aromatic heterocycles. The minimum Gasteiger partial charge on any atom is -0.294 e. The summed E-state index contributed by atoms with van der Waals surface area (Å²) < 4.78 is 41.2. The van der Waals surface area contributed by atoms with Crippen molar-refractivity contribution >= 4 is 21.5 Å². The van der Waals surface area contributed by atoms with E-state index in [2.05, 4.69) is 0 Å². The lowest BCUT2D eigenvalue weighted by atomic mass is 9.92. The van der Waals surface area contributed by atoms with Crippen LogP contribution in [-0.2, 0) is 22.9 Å². The van der Waals surface area contributed by atoms with E-state index in [9.17, 15) is 17.6 Å². The second kappa shape index (κ2) is 8.51. The number of benzene rings is 3. The van der Waals surface area contributed by atoms with Crippen molar-refractivity contribution < 1.29 is 17.6 Å². The Kier molecular flexibility index (Phi) is 5.91. The van der Waals surface area contributed by atoms with E-state index in [-0.39, 0.29) is 17.1 Å². The van der Waals surface area contributed by atoms with E-state index in [1.165, 1.54) is 16.4 Å². The number of halogens is 1. The van der Waals surface area contributed by atoms with E-state index in [1.807, 2.05) is 51.1 Å². The lowest BCUT2D eigenvalue weighted by molar-refractivity contribution is 0.0992. The van der Waals surface area contributed by atoms with Crippen LogP contribution in [0, 0.1) is 26.6 Å². The average molecular weight is 452 g/mol. The Hall–Kier alpha value is -2.99. The molecule has 32 heavy (non-hydrogen) atoms. The highest BCUT2D eigenvalue weighted by atomic mass is 32.2. The maximum Gasteiger partial charge on any atom is 0.264 e. The molecule has 166 valence electrons. The number of Topliss-reactive ketones (excluding diaryl/α,β-unsaturated/α-hetero) is 1. The van der Waals surface area contributed by atoms with Crippen molar-refractivity contribution in [3.05, 3.63) is 93.8 Å². The largest absolute Gasteiger partial charge is 0.294 e. The van der Waals surface area contributed by atoms with Crippen molar-refractivity contribution in [3.8, 4) is 0 Å². The maximum absolute atomic E-state index is 13.3. The van der Waals surface area contributed by atoms with Crippen molar-refractivity contribution in [2.45, 2.75) is 44.9 Å². The molecule has 1 heterocycles. The summed E-state index contributed by atoms with van der Waals surface area (Å²) in [5.41, 5.74) is 6.05. The summed E-state index contributed by atoms with van der Waals surface area (Å²) in [5.74, 6) is -0.464. The van der Waals surface area contributed by atoms with Gasteiger partial charge in [-0.3, -0.25) is 9.10 Å². The first-order chi connectivity index (χ1) is 15.2. The van der Waals surface area contributed by atoms with Gasteiger partial charge in [0, 0.05) is 18.5 Å². The highest BCUT2D eigenvalue weighted by Gasteiger charge is 2.29. The Morgan fingerprint density at radius 1 is 0.969 bits per heavy atom. The monoisotopic (exact) mass is 451 g/mol. The van der Waals surface area contributed by atoms with Gasteiger partial charge in [-0.15, -0.1) is 0 Å². The van der Waals surface area contributed by atoms with Gasteiger partial charge in [0.1, 0.15) is 5.82 Å². The molecule has 0 atom stereocenters. The summed E-state index contributed by atoms with van der Waals surface area (Å²) in [4.78, 5) is 13.2. The molecule has 0 saturated carbocycles. The van der Waals surface area contributed by atoms with Gasteiger partial charge in [0.05, 0.1) is 10.6 Å². The molecule has 0 bridgehead atoms. The molecule has 3 aromatic carbocycles. The van der Waals surface area contributed by atoms with Gasteiger partial charge in [0.15, 0.2) is 5.78 Å². The summed E-state index contributed by atoms with van der Waals surface area (Å²) in [6, 6.07) is 14.5. The Balaban J connectivity index is 1.68. The van der Waals surface area contributed by atoms with Crippen LogP contribution in [0.15, 0.2) is 59.5 Å². The smallest absolute Gasteiger partial charge is 0.264 e. The van der Waals surface area contributed by atoms with E-state index in [1.54, 1.807) is 0 Å². The average Bonchev–Trinajstić information content (AvgIpc) is 2.72. The highest BCUT2D eigenvalue weighted by molar-refractivity contribution is 7.92. The van der Waals surface area contributed by atoms with Crippen LogP contribution < -0.4 is 4.31 Å². The topological polar surface area (TPSA) is 54.5 Å². The number of nitrogens with zero attached hydrogens (tertiary/aromatic N) is 1. The van der Waals surface area contributed by atoms with Gasteiger partial charge >= 0.3 is 0 Å². The van der Waals surface area contributed by atoms with Crippen LogP contribution in [0.3, 0.4) is 0 Å². The SMILES string of the molecule is Cc1cc(C)c(C(=O)Cc2ccc3c(c2)N(S(=O)(=O)c2ccc(F)cc2)CCC3)c(C)c1. The molecule has 0 amide bonds. The molecule has 0 aliphatic carbocycles. The van der Waals surface area contributed by atoms with E-state index in [0.717, 1.165) is 51.9 Å². The van der Waals surface area contributed by atoms with Crippen LogP contribution in [0.1, 0.15) is 44.6 Å². The van der Waals surface area contributed by atoms with Crippen molar-refractivity contribution in [2.24, 2.45) is 0 Å². The van der Waals surface area contributed by atoms with Gasteiger partial charge < -0.3 is 0 Å². The molecule has 0 unspecified atom stereocenters. The zero-order chi connectivity index (χ0) is 23.0. The molecule has 0 spiro atoms. The fraction of sp³-hybridized carbons (Fsp3) is 0.269. The zero-order valence-corrected chi connectivity index (χ0v) is 19.3. The summed E-state index contributed by atoms with van der Waals surface area (Å²) in [5, 5.41) is 0. The summed E-state index contributed by atoms with van der Waals surface area (Å²) in [6.07, 6.45) is 1.67. The third kappa shape index (κ3) is 4.19. The molecule has 1 aliphatic rings. The number of anilines is 1. The first kappa shape index (κ1) is 22.2. The quantitative estimate of drug-likeness (QED) is 0.494. The number of hydrogen-bond donors (Lipinski definition) is 0. The fourth-order valence-corrected chi connectivity index (χ4v) is 6.11.